The van der Waals surface area contributed by atoms with Gasteiger partial charge in [-0.05, 0) is 24.6 Å². The third-order valence-electron chi connectivity index (χ3n) is 4.18. The molecule has 0 bridgehead atoms. The first kappa shape index (κ1) is 22.2. The second-order valence-electron chi connectivity index (χ2n) is 6.41. The number of nitrogens with zero attached hydrogens (tertiary/aromatic N) is 3. The van der Waals surface area contributed by atoms with Gasteiger partial charge in [0.1, 0.15) is 5.82 Å². The van der Waals surface area contributed by atoms with Crippen LogP contribution in [0, 0.1) is 23.1 Å². The summed E-state index contributed by atoms with van der Waals surface area (Å²) in [4.78, 5) is 18.0. The number of nitrogens with one attached hydrogen (secondary N) is 2. The fourth-order valence-corrected chi connectivity index (χ4v) is 2.79. The number of guanidine groups is 1. The Morgan fingerprint density at radius 2 is 2.23 bits per heavy atom. The number of hydrogen-bond donors (Lipinski definition) is 2. The van der Waals surface area contributed by atoms with Crippen molar-refractivity contribution in [3.05, 3.63) is 35.1 Å². The van der Waals surface area contributed by atoms with E-state index in [9.17, 15) is 9.18 Å². The van der Waals surface area contributed by atoms with Gasteiger partial charge in [-0.15, -0.1) is 24.0 Å². The summed E-state index contributed by atoms with van der Waals surface area (Å²) < 4.78 is 13.8. The van der Waals surface area contributed by atoms with Crippen LogP contribution in [-0.4, -0.2) is 42.9 Å². The first-order chi connectivity index (χ1) is 11.9. The Bertz CT molecular complexity index is 701. The molecule has 26 heavy (non-hydrogen) atoms. The number of halogens is 2. The zero-order valence-corrected chi connectivity index (χ0v) is 17.6. The molecule has 0 spiro atoms. The molecule has 1 aliphatic heterocycles. The Kier molecular flexibility index (Phi) is 8.78. The van der Waals surface area contributed by atoms with E-state index in [1.54, 1.807) is 7.05 Å². The molecule has 1 atom stereocenters. The summed E-state index contributed by atoms with van der Waals surface area (Å²) in [6, 6.07) is 6.38. The molecule has 142 valence electrons. The molecule has 0 saturated carbocycles. The van der Waals surface area contributed by atoms with Crippen LogP contribution in [0.4, 0.5) is 4.39 Å². The summed E-state index contributed by atoms with van der Waals surface area (Å²) in [7, 11) is 1.64. The van der Waals surface area contributed by atoms with Crippen molar-refractivity contribution in [2.45, 2.75) is 32.9 Å². The van der Waals surface area contributed by atoms with Crippen molar-refractivity contribution < 1.29 is 9.18 Å². The van der Waals surface area contributed by atoms with Crippen molar-refractivity contribution in [1.82, 2.24) is 15.5 Å². The third-order valence-corrected chi connectivity index (χ3v) is 4.18. The summed E-state index contributed by atoms with van der Waals surface area (Å²) in [6.07, 6.45) is 0.845. The van der Waals surface area contributed by atoms with E-state index >= 15 is 0 Å². The SMILES string of the molecule is CN=C(NCc1cc(C#N)ccc1F)NC1CCN(C(=O)C(C)C)C1.I. The number of amides is 1. The van der Waals surface area contributed by atoms with Crippen molar-refractivity contribution in [1.29, 1.82) is 5.26 Å². The molecular weight excluding hydrogens is 448 g/mol. The Morgan fingerprint density at radius 1 is 1.50 bits per heavy atom. The van der Waals surface area contributed by atoms with Crippen LogP contribution in [0.1, 0.15) is 31.4 Å². The van der Waals surface area contributed by atoms with Crippen LogP contribution in [0.15, 0.2) is 23.2 Å². The number of hydrogen-bond acceptors (Lipinski definition) is 3. The minimum atomic E-state index is -0.364. The molecule has 1 amide bonds. The van der Waals surface area contributed by atoms with Crippen molar-refractivity contribution in [3.8, 4) is 6.07 Å². The smallest absolute Gasteiger partial charge is 0.225 e. The zero-order valence-electron chi connectivity index (χ0n) is 15.3. The molecule has 2 rings (SSSR count). The molecule has 8 heteroatoms. The van der Waals surface area contributed by atoms with E-state index in [0.29, 0.717) is 23.6 Å². The molecule has 0 radical (unpaired) electrons. The molecular formula is C18H25FIN5O. The van der Waals surface area contributed by atoms with Crippen molar-refractivity contribution >= 4 is 35.8 Å². The van der Waals surface area contributed by atoms with Crippen molar-refractivity contribution in [2.75, 3.05) is 20.1 Å². The van der Waals surface area contributed by atoms with Crippen LogP contribution >= 0.6 is 24.0 Å². The van der Waals surface area contributed by atoms with Crippen LogP contribution in [0.5, 0.6) is 0 Å². The number of nitriles is 1. The molecule has 1 fully saturated rings. The van der Waals surface area contributed by atoms with Gasteiger partial charge < -0.3 is 15.5 Å². The topological polar surface area (TPSA) is 80.5 Å². The highest BCUT2D eigenvalue weighted by Crippen LogP contribution is 2.13. The predicted molar refractivity (Wildman–Crippen MR) is 110 cm³/mol. The third kappa shape index (κ3) is 5.83. The van der Waals surface area contributed by atoms with E-state index in [0.717, 1.165) is 13.0 Å². The molecule has 0 aliphatic carbocycles. The number of rotatable bonds is 4. The number of benzene rings is 1. The highest BCUT2D eigenvalue weighted by atomic mass is 127. The lowest BCUT2D eigenvalue weighted by Crippen LogP contribution is -2.45. The summed E-state index contributed by atoms with van der Waals surface area (Å²) in [5, 5.41) is 15.2. The fraction of sp³-hybridized carbons (Fsp3) is 0.500. The Hall–Kier alpha value is -1.89. The lowest BCUT2D eigenvalue weighted by atomic mass is 10.1. The minimum Gasteiger partial charge on any atom is -0.352 e. The number of carbonyl (C=O) groups excluding carboxylic acids is 1. The lowest BCUT2D eigenvalue weighted by molar-refractivity contribution is -0.133. The van der Waals surface area contributed by atoms with Crippen LogP contribution in [0.3, 0.4) is 0 Å². The van der Waals surface area contributed by atoms with E-state index in [1.165, 1.54) is 18.2 Å². The Balaban J connectivity index is 0.00000338. The maximum Gasteiger partial charge on any atom is 0.225 e. The van der Waals surface area contributed by atoms with Crippen LogP contribution < -0.4 is 10.6 Å². The van der Waals surface area contributed by atoms with Gasteiger partial charge in [0.15, 0.2) is 5.96 Å². The molecule has 1 heterocycles. The maximum absolute atomic E-state index is 13.8. The normalized spacial score (nSPS) is 16.8. The average molecular weight is 473 g/mol. The number of carbonyl (C=O) groups is 1. The van der Waals surface area contributed by atoms with Crippen LogP contribution in [0.2, 0.25) is 0 Å². The summed E-state index contributed by atoms with van der Waals surface area (Å²) in [6.45, 7) is 5.38. The number of aliphatic imine (C=N–C) groups is 1. The Labute approximate surface area is 170 Å². The minimum absolute atomic E-state index is 0. The summed E-state index contributed by atoms with van der Waals surface area (Å²) in [5.41, 5.74) is 0.824. The van der Waals surface area contributed by atoms with E-state index < -0.39 is 0 Å². The zero-order chi connectivity index (χ0) is 18.4. The average Bonchev–Trinajstić information content (AvgIpc) is 3.07. The standard InChI is InChI=1S/C18H24FN5O.HI/c1-12(2)17(25)24-7-6-15(11-24)23-18(21-3)22-10-14-8-13(9-20)4-5-16(14)19;/h4-5,8,12,15H,6-7,10-11H2,1-3H3,(H2,21,22,23);1H. The van der Waals surface area contributed by atoms with E-state index in [-0.39, 0.29) is 54.2 Å². The van der Waals surface area contributed by atoms with Gasteiger partial charge in [0.25, 0.3) is 0 Å². The van der Waals surface area contributed by atoms with Gasteiger partial charge >= 0.3 is 0 Å². The largest absolute Gasteiger partial charge is 0.352 e. The van der Waals surface area contributed by atoms with Gasteiger partial charge in [0.2, 0.25) is 5.91 Å². The number of likely N-dealkylation sites (tertiary alicyclic amines) is 1. The highest BCUT2D eigenvalue weighted by Gasteiger charge is 2.27. The van der Waals surface area contributed by atoms with Gasteiger partial charge in [0.05, 0.1) is 11.6 Å². The lowest BCUT2D eigenvalue weighted by Gasteiger charge is -2.20. The second-order valence-corrected chi connectivity index (χ2v) is 6.41. The van der Waals surface area contributed by atoms with Gasteiger partial charge in [-0.2, -0.15) is 5.26 Å². The molecule has 0 aromatic heterocycles. The summed E-state index contributed by atoms with van der Waals surface area (Å²) in [5.74, 6) is 0.330. The first-order valence-corrected chi connectivity index (χ1v) is 8.39. The van der Waals surface area contributed by atoms with Gasteiger partial charge in [0, 0.05) is 44.2 Å². The Morgan fingerprint density at radius 3 is 2.85 bits per heavy atom. The molecule has 1 aliphatic rings. The molecule has 1 aromatic carbocycles. The van der Waals surface area contributed by atoms with Crippen LogP contribution in [0.25, 0.3) is 0 Å². The van der Waals surface area contributed by atoms with E-state index in [4.69, 9.17) is 5.26 Å². The quantitative estimate of drug-likeness (QED) is 0.400. The predicted octanol–water partition coefficient (Wildman–Crippen LogP) is 2.24. The fourth-order valence-electron chi connectivity index (χ4n) is 2.79. The van der Waals surface area contributed by atoms with Crippen LogP contribution in [-0.2, 0) is 11.3 Å². The highest BCUT2D eigenvalue weighted by molar-refractivity contribution is 14.0. The summed E-state index contributed by atoms with van der Waals surface area (Å²) >= 11 is 0. The molecule has 1 unspecified atom stereocenters. The maximum atomic E-state index is 13.8. The first-order valence-electron chi connectivity index (χ1n) is 8.39. The van der Waals surface area contributed by atoms with Crippen molar-refractivity contribution in [2.24, 2.45) is 10.9 Å². The van der Waals surface area contributed by atoms with E-state index in [2.05, 4.69) is 15.6 Å². The molecule has 1 saturated heterocycles. The molecule has 1 aromatic rings. The van der Waals surface area contributed by atoms with E-state index in [1.807, 2.05) is 24.8 Å². The monoisotopic (exact) mass is 473 g/mol. The second kappa shape index (κ2) is 10.3. The molecule has 6 nitrogen and oxygen atoms in total. The van der Waals surface area contributed by atoms with Gasteiger partial charge in [-0.3, -0.25) is 9.79 Å². The van der Waals surface area contributed by atoms with Gasteiger partial charge in [-0.25, -0.2) is 4.39 Å². The van der Waals surface area contributed by atoms with Gasteiger partial charge in [-0.1, -0.05) is 13.8 Å². The van der Waals surface area contributed by atoms with Crippen molar-refractivity contribution in [3.63, 3.8) is 0 Å². The molecule has 2 N–H and O–H groups in total.